The fraction of sp³-hybridized carbons (Fsp3) is 0.458. The molecule has 0 saturated heterocycles. The molecule has 0 bridgehead atoms. The second-order valence-corrected chi connectivity index (χ2v) is 8.88. The number of aryl methyl sites for hydroxylation is 1. The molecule has 3 rings (SSSR count). The summed E-state index contributed by atoms with van der Waals surface area (Å²) in [7, 11) is 0. The number of amides is 1. The molecule has 1 aliphatic carbocycles. The molecular formula is C24H29Cl2NO2. The Labute approximate surface area is 183 Å². The Balaban J connectivity index is 1.87. The van der Waals surface area contributed by atoms with Crippen LogP contribution in [-0.4, -0.2) is 12.0 Å². The Morgan fingerprint density at radius 2 is 1.86 bits per heavy atom. The van der Waals surface area contributed by atoms with Crippen LogP contribution in [0.3, 0.4) is 0 Å². The first kappa shape index (κ1) is 22.0. The molecule has 1 atom stereocenters. The molecule has 2 aromatic carbocycles. The van der Waals surface area contributed by atoms with E-state index in [-0.39, 0.29) is 12.0 Å². The SMILES string of the molecule is CC[C@@H](C)Oc1ccc(NC(=O)C2(c3ccc(Cl)cc3Cl)CCCCC2)cc1C. The number of ether oxygens (including phenoxy) is 1. The van der Waals surface area contributed by atoms with Crippen LogP contribution in [0.5, 0.6) is 5.75 Å². The zero-order valence-corrected chi connectivity index (χ0v) is 18.9. The summed E-state index contributed by atoms with van der Waals surface area (Å²) in [5.74, 6) is 0.849. The van der Waals surface area contributed by atoms with Crippen LogP contribution in [-0.2, 0) is 10.2 Å². The number of nitrogens with one attached hydrogen (secondary N) is 1. The Morgan fingerprint density at radius 3 is 2.48 bits per heavy atom. The van der Waals surface area contributed by atoms with Crippen LogP contribution in [0.1, 0.15) is 63.5 Å². The zero-order chi connectivity index (χ0) is 21.0. The lowest BCUT2D eigenvalue weighted by molar-refractivity contribution is -0.122. The van der Waals surface area contributed by atoms with Gasteiger partial charge in [-0.1, -0.05) is 55.5 Å². The molecule has 0 aliphatic heterocycles. The van der Waals surface area contributed by atoms with Gasteiger partial charge in [0.2, 0.25) is 5.91 Å². The van der Waals surface area contributed by atoms with Gasteiger partial charge in [-0.25, -0.2) is 0 Å². The van der Waals surface area contributed by atoms with Crippen molar-refractivity contribution in [2.24, 2.45) is 0 Å². The molecule has 0 heterocycles. The highest BCUT2D eigenvalue weighted by Crippen LogP contribution is 2.44. The Bertz CT molecular complexity index is 875. The summed E-state index contributed by atoms with van der Waals surface area (Å²) < 4.78 is 5.94. The molecule has 0 unspecified atom stereocenters. The van der Waals surface area contributed by atoms with Gasteiger partial charge in [-0.15, -0.1) is 0 Å². The molecule has 2 aromatic rings. The smallest absolute Gasteiger partial charge is 0.235 e. The number of rotatable bonds is 6. The summed E-state index contributed by atoms with van der Waals surface area (Å²) in [5, 5.41) is 4.28. The van der Waals surface area contributed by atoms with Gasteiger partial charge >= 0.3 is 0 Å². The van der Waals surface area contributed by atoms with E-state index < -0.39 is 5.41 Å². The molecule has 5 heteroatoms. The van der Waals surface area contributed by atoms with Gasteiger partial charge in [-0.05, 0) is 74.6 Å². The van der Waals surface area contributed by atoms with Gasteiger partial charge in [-0.2, -0.15) is 0 Å². The van der Waals surface area contributed by atoms with E-state index in [2.05, 4.69) is 19.2 Å². The average Bonchev–Trinajstić information content (AvgIpc) is 2.70. The third-order valence-electron chi connectivity index (χ3n) is 5.92. The molecular weight excluding hydrogens is 405 g/mol. The Kier molecular flexibility index (Phi) is 7.13. The van der Waals surface area contributed by atoms with Crippen molar-refractivity contribution in [1.29, 1.82) is 0 Å². The van der Waals surface area contributed by atoms with E-state index in [4.69, 9.17) is 27.9 Å². The van der Waals surface area contributed by atoms with E-state index in [0.717, 1.165) is 61.1 Å². The third kappa shape index (κ3) is 4.90. The van der Waals surface area contributed by atoms with Crippen LogP contribution in [0.2, 0.25) is 10.0 Å². The number of anilines is 1. The first-order valence-electron chi connectivity index (χ1n) is 10.4. The second-order valence-electron chi connectivity index (χ2n) is 8.04. The van der Waals surface area contributed by atoms with Crippen LogP contribution < -0.4 is 10.1 Å². The van der Waals surface area contributed by atoms with Crippen molar-refractivity contribution in [3.05, 3.63) is 57.6 Å². The molecule has 1 aliphatic rings. The van der Waals surface area contributed by atoms with Crippen molar-refractivity contribution in [3.8, 4) is 5.75 Å². The Hall–Kier alpha value is -1.71. The van der Waals surface area contributed by atoms with E-state index in [9.17, 15) is 4.79 Å². The fourth-order valence-electron chi connectivity index (χ4n) is 4.06. The minimum Gasteiger partial charge on any atom is -0.490 e. The van der Waals surface area contributed by atoms with Gasteiger partial charge in [0.05, 0.1) is 11.5 Å². The van der Waals surface area contributed by atoms with E-state index in [1.54, 1.807) is 6.07 Å². The van der Waals surface area contributed by atoms with Gasteiger partial charge in [0.15, 0.2) is 0 Å². The van der Waals surface area contributed by atoms with Crippen molar-refractivity contribution in [2.75, 3.05) is 5.32 Å². The Morgan fingerprint density at radius 1 is 1.14 bits per heavy atom. The number of carbonyl (C=O) groups is 1. The minimum atomic E-state index is -0.625. The predicted octanol–water partition coefficient (Wildman–Crippen LogP) is 7.32. The normalized spacial score (nSPS) is 16.9. The highest BCUT2D eigenvalue weighted by atomic mass is 35.5. The van der Waals surface area contributed by atoms with Crippen molar-refractivity contribution >= 4 is 34.8 Å². The second kappa shape index (κ2) is 9.40. The quantitative estimate of drug-likeness (QED) is 0.517. The number of hydrogen-bond donors (Lipinski definition) is 1. The van der Waals surface area contributed by atoms with Crippen molar-refractivity contribution in [1.82, 2.24) is 0 Å². The first-order valence-corrected chi connectivity index (χ1v) is 11.2. The van der Waals surface area contributed by atoms with Crippen molar-refractivity contribution in [2.45, 2.75) is 70.8 Å². The van der Waals surface area contributed by atoms with Gasteiger partial charge in [0.1, 0.15) is 5.75 Å². The molecule has 1 N–H and O–H groups in total. The van der Waals surface area contributed by atoms with Crippen LogP contribution in [0, 0.1) is 6.92 Å². The lowest BCUT2D eigenvalue weighted by atomic mass is 9.68. The van der Waals surface area contributed by atoms with Crippen LogP contribution in [0.25, 0.3) is 0 Å². The van der Waals surface area contributed by atoms with Gasteiger partial charge < -0.3 is 10.1 Å². The molecule has 29 heavy (non-hydrogen) atoms. The maximum atomic E-state index is 13.5. The van der Waals surface area contributed by atoms with Gasteiger partial charge in [0, 0.05) is 15.7 Å². The molecule has 3 nitrogen and oxygen atoms in total. The highest BCUT2D eigenvalue weighted by Gasteiger charge is 2.42. The van der Waals surface area contributed by atoms with E-state index >= 15 is 0 Å². The number of hydrogen-bond acceptors (Lipinski definition) is 2. The lowest BCUT2D eigenvalue weighted by Gasteiger charge is -2.37. The molecule has 0 spiro atoms. The number of benzene rings is 2. The maximum Gasteiger partial charge on any atom is 0.235 e. The van der Waals surface area contributed by atoms with Gasteiger partial charge in [-0.3, -0.25) is 4.79 Å². The van der Waals surface area contributed by atoms with Crippen molar-refractivity contribution < 1.29 is 9.53 Å². The summed E-state index contributed by atoms with van der Waals surface area (Å²) in [5.41, 5.74) is 2.03. The summed E-state index contributed by atoms with van der Waals surface area (Å²) in [6, 6.07) is 11.3. The van der Waals surface area contributed by atoms with E-state index in [1.807, 2.05) is 37.3 Å². The molecule has 0 aromatic heterocycles. The summed E-state index contributed by atoms with van der Waals surface area (Å²) >= 11 is 12.6. The highest BCUT2D eigenvalue weighted by molar-refractivity contribution is 6.35. The van der Waals surface area contributed by atoms with Crippen LogP contribution in [0.4, 0.5) is 5.69 Å². The van der Waals surface area contributed by atoms with Crippen molar-refractivity contribution in [3.63, 3.8) is 0 Å². The summed E-state index contributed by atoms with van der Waals surface area (Å²) in [6.45, 7) is 6.15. The van der Waals surface area contributed by atoms with Crippen LogP contribution in [0.15, 0.2) is 36.4 Å². The molecule has 1 saturated carbocycles. The minimum absolute atomic E-state index is 0.00332. The summed E-state index contributed by atoms with van der Waals surface area (Å²) in [6.07, 6.45) is 5.83. The van der Waals surface area contributed by atoms with E-state index in [1.165, 1.54) is 0 Å². The number of carbonyl (C=O) groups excluding carboxylic acids is 1. The van der Waals surface area contributed by atoms with Gasteiger partial charge in [0.25, 0.3) is 0 Å². The topological polar surface area (TPSA) is 38.3 Å². The number of halogens is 2. The molecule has 0 radical (unpaired) electrons. The van der Waals surface area contributed by atoms with Crippen LogP contribution >= 0.6 is 23.2 Å². The largest absolute Gasteiger partial charge is 0.490 e. The molecule has 1 fully saturated rings. The molecule has 1 amide bonds. The first-order chi connectivity index (χ1) is 13.9. The third-order valence-corrected chi connectivity index (χ3v) is 6.47. The monoisotopic (exact) mass is 433 g/mol. The fourth-order valence-corrected chi connectivity index (χ4v) is 4.65. The standard InChI is InChI=1S/C24H29Cl2NO2/c1-4-17(3)29-22-11-9-19(14-16(22)2)27-23(28)24(12-6-5-7-13-24)20-10-8-18(25)15-21(20)26/h8-11,14-15,17H,4-7,12-13H2,1-3H3,(H,27,28)/t17-/m1/s1. The summed E-state index contributed by atoms with van der Waals surface area (Å²) in [4.78, 5) is 13.5. The average molecular weight is 434 g/mol. The van der Waals surface area contributed by atoms with E-state index in [0.29, 0.717) is 10.0 Å². The molecule has 156 valence electrons. The predicted molar refractivity (Wildman–Crippen MR) is 121 cm³/mol. The lowest BCUT2D eigenvalue weighted by Crippen LogP contribution is -2.42. The maximum absolute atomic E-state index is 13.5. The zero-order valence-electron chi connectivity index (χ0n) is 17.4.